The first kappa shape index (κ1) is 18.5. The summed E-state index contributed by atoms with van der Waals surface area (Å²) in [6.07, 6.45) is 1.96. The Hall–Kier alpha value is -1.80. The molecule has 2 rings (SSSR count). The lowest BCUT2D eigenvalue weighted by atomic mass is 10.2. The number of thiocarbonyl (C=S) groups is 1. The molecule has 8 heteroatoms. The maximum absolute atomic E-state index is 5.48. The highest BCUT2D eigenvalue weighted by atomic mass is 79.9. The van der Waals surface area contributed by atoms with Crippen molar-refractivity contribution in [2.75, 3.05) is 26.6 Å². The van der Waals surface area contributed by atoms with Crippen LogP contribution in [0.2, 0.25) is 0 Å². The quantitative estimate of drug-likeness (QED) is 0.732. The third-order valence-electron chi connectivity index (χ3n) is 3.50. The Bertz CT molecular complexity index is 720. The lowest BCUT2D eigenvalue weighted by Gasteiger charge is -2.21. The molecule has 6 nitrogen and oxygen atoms in total. The van der Waals surface area contributed by atoms with Crippen LogP contribution in [0.25, 0.3) is 0 Å². The van der Waals surface area contributed by atoms with Crippen LogP contribution in [0.15, 0.2) is 28.9 Å². The number of hydrogen-bond donors (Lipinski definition) is 1. The molecule has 0 unspecified atom stereocenters. The van der Waals surface area contributed by atoms with E-state index >= 15 is 0 Å². The van der Waals surface area contributed by atoms with E-state index in [1.54, 1.807) is 14.2 Å². The van der Waals surface area contributed by atoms with E-state index in [0.717, 1.165) is 28.1 Å². The molecule has 0 saturated carbocycles. The van der Waals surface area contributed by atoms with Crippen LogP contribution in [-0.2, 0) is 13.1 Å². The molecule has 1 N–H and O–H groups in total. The van der Waals surface area contributed by atoms with Crippen LogP contribution in [0.5, 0.6) is 11.5 Å². The maximum atomic E-state index is 5.48. The minimum atomic E-state index is 0.580. The molecule has 0 atom stereocenters. The molecule has 130 valence electrons. The number of ether oxygens (including phenoxy) is 2. The molecule has 1 heterocycles. The van der Waals surface area contributed by atoms with Gasteiger partial charge in [0.15, 0.2) is 5.11 Å². The van der Waals surface area contributed by atoms with Crippen molar-refractivity contribution in [2.24, 2.45) is 0 Å². The fourth-order valence-corrected chi connectivity index (χ4v) is 2.73. The van der Waals surface area contributed by atoms with E-state index in [1.807, 2.05) is 41.0 Å². The van der Waals surface area contributed by atoms with E-state index in [4.69, 9.17) is 21.7 Å². The molecule has 0 aliphatic rings. The molecule has 0 radical (unpaired) electrons. The van der Waals surface area contributed by atoms with Gasteiger partial charge >= 0.3 is 0 Å². The molecule has 1 aromatic heterocycles. The van der Waals surface area contributed by atoms with Crippen LogP contribution in [0.1, 0.15) is 12.6 Å². The van der Waals surface area contributed by atoms with Crippen molar-refractivity contribution < 1.29 is 9.47 Å². The van der Waals surface area contributed by atoms with Crippen LogP contribution in [0.4, 0.5) is 5.69 Å². The summed E-state index contributed by atoms with van der Waals surface area (Å²) in [6.45, 7) is 3.47. The van der Waals surface area contributed by atoms with Crippen LogP contribution in [0, 0.1) is 0 Å². The zero-order chi connectivity index (χ0) is 17.7. The van der Waals surface area contributed by atoms with E-state index in [2.05, 4.69) is 33.3 Å². The molecule has 0 fully saturated rings. The molecule has 0 bridgehead atoms. The number of rotatable bonds is 6. The first-order chi connectivity index (χ1) is 11.5. The Kier molecular flexibility index (Phi) is 6.44. The van der Waals surface area contributed by atoms with E-state index in [9.17, 15) is 0 Å². The maximum Gasteiger partial charge on any atom is 0.173 e. The van der Waals surface area contributed by atoms with Gasteiger partial charge in [-0.15, -0.1) is 0 Å². The van der Waals surface area contributed by atoms with Crippen molar-refractivity contribution in [3.05, 3.63) is 34.6 Å². The zero-order valence-corrected chi connectivity index (χ0v) is 16.6. The number of aryl methyl sites for hydroxylation is 1. The number of anilines is 1. The lowest BCUT2D eigenvalue weighted by molar-refractivity contribution is 0.395. The summed E-state index contributed by atoms with van der Waals surface area (Å²) in [7, 11) is 5.15. The second-order valence-electron chi connectivity index (χ2n) is 5.13. The fourth-order valence-electron chi connectivity index (χ4n) is 2.12. The van der Waals surface area contributed by atoms with Crippen molar-refractivity contribution in [3.8, 4) is 11.5 Å². The van der Waals surface area contributed by atoms with Gasteiger partial charge in [0.25, 0.3) is 0 Å². The molecule has 0 saturated heterocycles. The number of nitrogens with zero attached hydrogens (tertiary/aromatic N) is 3. The van der Waals surface area contributed by atoms with Gasteiger partial charge in [-0.3, -0.25) is 4.68 Å². The zero-order valence-electron chi connectivity index (χ0n) is 14.2. The number of methoxy groups -OCH3 is 2. The molecule has 0 aliphatic heterocycles. The fraction of sp³-hybridized carbons (Fsp3) is 0.375. The van der Waals surface area contributed by atoms with Crippen molar-refractivity contribution in [2.45, 2.75) is 20.0 Å². The van der Waals surface area contributed by atoms with Crippen LogP contribution in [-0.4, -0.2) is 41.1 Å². The predicted octanol–water partition coefficient (Wildman–Crippen LogP) is 3.51. The average molecular weight is 413 g/mol. The van der Waals surface area contributed by atoms with E-state index < -0.39 is 0 Å². The Labute approximate surface area is 155 Å². The molecular weight excluding hydrogens is 392 g/mol. The van der Waals surface area contributed by atoms with Crippen molar-refractivity contribution in [1.82, 2.24) is 14.7 Å². The van der Waals surface area contributed by atoms with E-state index in [0.29, 0.717) is 17.4 Å². The van der Waals surface area contributed by atoms with Crippen LogP contribution in [0.3, 0.4) is 0 Å². The molecule has 0 spiro atoms. The third-order valence-corrected chi connectivity index (χ3v) is 4.57. The highest BCUT2D eigenvalue weighted by Crippen LogP contribution is 2.29. The Morgan fingerprint density at radius 3 is 2.71 bits per heavy atom. The number of halogens is 1. The van der Waals surface area contributed by atoms with Crippen molar-refractivity contribution in [1.29, 1.82) is 0 Å². The third kappa shape index (κ3) is 4.39. The van der Waals surface area contributed by atoms with Crippen LogP contribution < -0.4 is 14.8 Å². The van der Waals surface area contributed by atoms with Gasteiger partial charge < -0.3 is 19.7 Å². The standard InChI is InChI=1S/C16H21BrN4O2S/c1-5-21-9-12(17)14(19-21)10-20(2)16(24)18-13-7-6-11(22-3)8-15(13)23-4/h6-9H,5,10H2,1-4H3,(H,18,24). The number of benzene rings is 1. The second-order valence-corrected chi connectivity index (χ2v) is 6.37. The van der Waals surface area contributed by atoms with Gasteiger partial charge in [0, 0.05) is 25.9 Å². The highest BCUT2D eigenvalue weighted by Gasteiger charge is 2.13. The Balaban J connectivity index is 2.07. The van der Waals surface area contributed by atoms with Gasteiger partial charge in [0.1, 0.15) is 11.5 Å². The summed E-state index contributed by atoms with van der Waals surface area (Å²) in [6, 6.07) is 5.54. The molecule has 24 heavy (non-hydrogen) atoms. The second kappa shape index (κ2) is 8.34. The smallest absolute Gasteiger partial charge is 0.173 e. The lowest BCUT2D eigenvalue weighted by Crippen LogP contribution is -2.31. The number of hydrogen-bond acceptors (Lipinski definition) is 4. The van der Waals surface area contributed by atoms with Crippen molar-refractivity contribution in [3.63, 3.8) is 0 Å². The van der Waals surface area contributed by atoms with Gasteiger partial charge in [-0.25, -0.2) is 0 Å². The molecule has 1 aromatic carbocycles. The van der Waals surface area contributed by atoms with E-state index in [-0.39, 0.29) is 0 Å². The van der Waals surface area contributed by atoms with Crippen LogP contribution >= 0.6 is 28.1 Å². The summed E-state index contributed by atoms with van der Waals surface area (Å²) >= 11 is 9.02. The monoisotopic (exact) mass is 412 g/mol. The van der Waals surface area contributed by atoms with Gasteiger partial charge in [0.05, 0.1) is 36.6 Å². The predicted molar refractivity (Wildman–Crippen MR) is 103 cm³/mol. The number of aromatic nitrogens is 2. The minimum absolute atomic E-state index is 0.580. The summed E-state index contributed by atoms with van der Waals surface area (Å²) < 4.78 is 13.4. The molecule has 2 aromatic rings. The SMILES string of the molecule is CCn1cc(Br)c(CN(C)C(=S)Nc2ccc(OC)cc2OC)n1. The van der Waals surface area contributed by atoms with Gasteiger partial charge in [-0.2, -0.15) is 5.10 Å². The normalized spacial score (nSPS) is 10.4. The summed E-state index contributed by atoms with van der Waals surface area (Å²) in [5.74, 6) is 1.40. The van der Waals surface area contributed by atoms with Crippen molar-refractivity contribution >= 4 is 38.9 Å². The van der Waals surface area contributed by atoms with E-state index in [1.165, 1.54) is 0 Å². The minimum Gasteiger partial charge on any atom is -0.497 e. The summed E-state index contributed by atoms with van der Waals surface area (Å²) in [4.78, 5) is 1.92. The largest absolute Gasteiger partial charge is 0.497 e. The molecular formula is C16H21BrN4O2S. The molecule has 0 aliphatic carbocycles. The summed E-state index contributed by atoms with van der Waals surface area (Å²) in [5, 5.41) is 8.29. The highest BCUT2D eigenvalue weighted by molar-refractivity contribution is 9.10. The first-order valence-corrected chi connectivity index (χ1v) is 8.64. The van der Waals surface area contributed by atoms with Gasteiger partial charge in [-0.1, -0.05) is 0 Å². The summed E-state index contributed by atoms with van der Waals surface area (Å²) in [5.41, 5.74) is 1.72. The van der Waals surface area contributed by atoms with Gasteiger partial charge in [-0.05, 0) is 47.2 Å². The first-order valence-electron chi connectivity index (χ1n) is 7.44. The average Bonchev–Trinajstić information content (AvgIpc) is 2.95. The Morgan fingerprint density at radius 1 is 1.38 bits per heavy atom. The number of nitrogens with one attached hydrogen (secondary N) is 1. The topological polar surface area (TPSA) is 51.5 Å². The van der Waals surface area contributed by atoms with Gasteiger partial charge in [0.2, 0.25) is 0 Å². The Morgan fingerprint density at radius 2 is 2.12 bits per heavy atom. The molecule has 0 amide bonds.